The van der Waals surface area contributed by atoms with Crippen LogP contribution >= 0.6 is 0 Å². The van der Waals surface area contributed by atoms with Crippen molar-refractivity contribution in [1.82, 2.24) is 10.2 Å². The summed E-state index contributed by atoms with van der Waals surface area (Å²) in [6.45, 7) is 6.59. The fraction of sp³-hybridized carbons (Fsp3) is 0.762. The van der Waals surface area contributed by atoms with Gasteiger partial charge in [0.1, 0.15) is 0 Å². The first-order valence-corrected chi connectivity index (χ1v) is 9.90. The Labute approximate surface area is 149 Å². The highest BCUT2D eigenvalue weighted by Crippen LogP contribution is 2.67. The van der Waals surface area contributed by atoms with Crippen LogP contribution in [-0.2, 0) is 6.42 Å². The predicted octanol–water partition coefficient (Wildman–Crippen LogP) is 3.31. The summed E-state index contributed by atoms with van der Waals surface area (Å²) in [6, 6.07) is 0. The van der Waals surface area contributed by atoms with Gasteiger partial charge in [-0.3, -0.25) is 5.10 Å². The van der Waals surface area contributed by atoms with E-state index in [4.69, 9.17) is 0 Å². The summed E-state index contributed by atoms with van der Waals surface area (Å²) in [6.07, 6.45) is 9.84. The summed E-state index contributed by atoms with van der Waals surface area (Å²) in [7, 11) is 0. The molecular formula is C21H30N2O2. The van der Waals surface area contributed by atoms with Gasteiger partial charge >= 0.3 is 0 Å². The van der Waals surface area contributed by atoms with Crippen molar-refractivity contribution >= 4 is 6.08 Å². The van der Waals surface area contributed by atoms with E-state index >= 15 is 0 Å². The summed E-state index contributed by atoms with van der Waals surface area (Å²) in [5.41, 5.74) is 3.15. The fourth-order valence-electron chi connectivity index (χ4n) is 7.32. The zero-order valence-electron chi connectivity index (χ0n) is 15.5. The number of nitrogens with zero attached hydrogens (tertiary/aromatic N) is 1. The van der Waals surface area contributed by atoms with E-state index in [0.29, 0.717) is 17.8 Å². The quantitative estimate of drug-likeness (QED) is 0.677. The molecule has 3 N–H and O–H groups in total. The van der Waals surface area contributed by atoms with Gasteiger partial charge in [-0.25, -0.2) is 0 Å². The van der Waals surface area contributed by atoms with Gasteiger partial charge in [0, 0.05) is 5.41 Å². The Morgan fingerprint density at radius 1 is 1.24 bits per heavy atom. The number of aromatic amines is 1. The second-order valence-electron chi connectivity index (χ2n) is 9.91. The summed E-state index contributed by atoms with van der Waals surface area (Å²) >= 11 is 0. The van der Waals surface area contributed by atoms with Crippen molar-refractivity contribution in [3.63, 3.8) is 0 Å². The van der Waals surface area contributed by atoms with Crippen molar-refractivity contribution in [2.24, 2.45) is 28.6 Å². The molecule has 4 nitrogen and oxygen atoms in total. The van der Waals surface area contributed by atoms with Crippen LogP contribution in [0.1, 0.15) is 64.1 Å². The summed E-state index contributed by atoms with van der Waals surface area (Å²) in [4.78, 5) is 0. The fourth-order valence-corrected chi connectivity index (χ4v) is 7.32. The number of aliphatic hydroxyl groups is 2. The van der Waals surface area contributed by atoms with Gasteiger partial charge in [0.2, 0.25) is 0 Å². The molecular weight excluding hydrogens is 312 g/mol. The summed E-state index contributed by atoms with van der Waals surface area (Å²) in [5, 5.41) is 29.7. The normalized spacial score (nSPS) is 51.2. The van der Waals surface area contributed by atoms with Crippen molar-refractivity contribution in [3.8, 4) is 0 Å². The molecule has 3 fully saturated rings. The van der Waals surface area contributed by atoms with E-state index in [9.17, 15) is 10.2 Å². The lowest BCUT2D eigenvalue weighted by Gasteiger charge is -2.60. The topological polar surface area (TPSA) is 69.1 Å². The second-order valence-corrected chi connectivity index (χ2v) is 9.91. The molecule has 0 radical (unpaired) electrons. The van der Waals surface area contributed by atoms with E-state index in [2.05, 4.69) is 30.1 Å². The molecule has 0 amide bonds. The van der Waals surface area contributed by atoms with Crippen molar-refractivity contribution in [3.05, 3.63) is 23.0 Å². The maximum Gasteiger partial charge on any atom is 0.0676 e. The zero-order chi connectivity index (χ0) is 17.6. The Kier molecular flexibility index (Phi) is 3.07. The Bertz CT molecular complexity index is 751. The Balaban J connectivity index is 1.58. The molecule has 0 saturated heterocycles. The van der Waals surface area contributed by atoms with Crippen molar-refractivity contribution in [2.75, 3.05) is 0 Å². The number of allylic oxidation sites excluding steroid dienone is 1. The lowest BCUT2D eigenvalue weighted by molar-refractivity contribution is -0.163. The Hall–Kier alpha value is -1.13. The van der Waals surface area contributed by atoms with E-state index in [1.807, 2.05) is 13.1 Å². The van der Waals surface area contributed by atoms with E-state index in [1.165, 1.54) is 11.1 Å². The van der Waals surface area contributed by atoms with Gasteiger partial charge in [0.05, 0.1) is 23.6 Å². The van der Waals surface area contributed by atoms with Crippen molar-refractivity contribution in [2.45, 2.75) is 71.0 Å². The number of hydrogen-bond donors (Lipinski definition) is 3. The first-order chi connectivity index (χ1) is 11.8. The predicted molar refractivity (Wildman–Crippen MR) is 96.7 cm³/mol. The third-order valence-electron chi connectivity index (χ3n) is 8.86. The van der Waals surface area contributed by atoms with Crippen LogP contribution in [0.3, 0.4) is 0 Å². The molecule has 1 aromatic rings. The summed E-state index contributed by atoms with van der Waals surface area (Å²) in [5.74, 6) is 1.33. The second kappa shape index (κ2) is 4.77. The number of H-pyrrole nitrogens is 1. The van der Waals surface area contributed by atoms with Gasteiger partial charge in [-0.1, -0.05) is 19.4 Å². The average Bonchev–Trinajstić information content (AvgIpc) is 3.06. The molecule has 136 valence electrons. The van der Waals surface area contributed by atoms with Gasteiger partial charge in [-0.15, -0.1) is 0 Å². The smallest absolute Gasteiger partial charge is 0.0676 e. The number of nitrogens with one attached hydrogen (secondary N) is 1. The largest absolute Gasteiger partial charge is 0.393 e. The Morgan fingerprint density at radius 3 is 2.84 bits per heavy atom. The van der Waals surface area contributed by atoms with E-state index < -0.39 is 5.60 Å². The third kappa shape index (κ3) is 1.88. The molecule has 6 unspecified atom stereocenters. The highest BCUT2D eigenvalue weighted by Gasteiger charge is 2.65. The maximum atomic E-state index is 11.3. The van der Waals surface area contributed by atoms with Gasteiger partial charge in [-0.2, -0.15) is 5.10 Å². The molecule has 0 bridgehead atoms. The van der Waals surface area contributed by atoms with E-state index in [-0.39, 0.29) is 16.9 Å². The highest BCUT2D eigenvalue weighted by molar-refractivity contribution is 5.58. The van der Waals surface area contributed by atoms with Crippen LogP contribution in [0.25, 0.3) is 6.08 Å². The number of aromatic nitrogens is 2. The summed E-state index contributed by atoms with van der Waals surface area (Å²) < 4.78 is 0. The average molecular weight is 342 g/mol. The third-order valence-corrected chi connectivity index (χ3v) is 8.86. The lowest BCUT2D eigenvalue weighted by atomic mass is 9.45. The van der Waals surface area contributed by atoms with E-state index in [1.54, 1.807) is 0 Å². The number of aliphatic hydroxyl groups excluding tert-OH is 1. The van der Waals surface area contributed by atoms with Crippen LogP contribution in [0.5, 0.6) is 0 Å². The van der Waals surface area contributed by atoms with Gasteiger partial charge in [0.15, 0.2) is 0 Å². The molecule has 0 aromatic carbocycles. The molecule has 3 saturated carbocycles. The number of hydrogen-bond acceptors (Lipinski definition) is 3. The minimum Gasteiger partial charge on any atom is -0.393 e. The number of fused-ring (bicyclic) bond motifs is 6. The molecule has 5 rings (SSSR count). The maximum absolute atomic E-state index is 11.3. The molecule has 4 aliphatic carbocycles. The molecule has 4 aliphatic rings. The van der Waals surface area contributed by atoms with Gasteiger partial charge in [0.25, 0.3) is 0 Å². The van der Waals surface area contributed by atoms with Crippen molar-refractivity contribution in [1.29, 1.82) is 0 Å². The zero-order valence-corrected chi connectivity index (χ0v) is 15.5. The Morgan fingerprint density at radius 2 is 2.04 bits per heavy atom. The molecule has 0 aliphatic heterocycles. The monoisotopic (exact) mass is 342 g/mol. The molecule has 7 atom stereocenters. The lowest BCUT2D eigenvalue weighted by Crippen LogP contribution is -2.59. The van der Waals surface area contributed by atoms with Gasteiger partial charge in [-0.05, 0) is 80.3 Å². The SMILES string of the molecule is CC12Cc3cn[nH]c3C=C1CCC1C2C(O)CC2(C)C1CC[C@@]2(C)O. The number of rotatable bonds is 0. The standard InChI is InChI=1S/C21H30N2O2/c1-19-9-12-11-22-23-16(12)8-13(19)4-5-14-15-6-7-21(3,25)20(15,2)10-17(24)18(14)19/h8,11,14-15,17-18,24-25H,4-7,9-10H2,1-3H3,(H,22,23)/t14?,15?,17?,18?,19?,20?,21-/m1/s1. The van der Waals surface area contributed by atoms with Crippen LogP contribution < -0.4 is 0 Å². The molecule has 1 aromatic heterocycles. The van der Waals surface area contributed by atoms with E-state index in [0.717, 1.165) is 44.2 Å². The first-order valence-electron chi connectivity index (χ1n) is 9.90. The first kappa shape index (κ1) is 16.1. The molecule has 0 spiro atoms. The van der Waals surface area contributed by atoms with Gasteiger partial charge < -0.3 is 10.2 Å². The molecule has 1 heterocycles. The highest BCUT2D eigenvalue weighted by atomic mass is 16.3. The van der Waals surface area contributed by atoms with Crippen LogP contribution in [0.2, 0.25) is 0 Å². The minimum absolute atomic E-state index is 0.0228. The van der Waals surface area contributed by atoms with Crippen molar-refractivity contribution < 1.29 is 10.2 Å². The van der Waals surface area contributed by atoms with Crippen LogP contribution in [-0.4, -0.2) is 32.1 Å². The minimum atomic E-state index is -0.648. The van der Waals surface area contributed by atoms with Crippen LogP contribution in [0.15, 0.2) is 11.8 Å². The molecule has 25 heavy (non-hydrogen) atoms. The van der Waals surface area contributed by atoms with Crippen LogP contribution in [0, 0.1) is 28.6 Å². The van der Waals surface area contributed by atoms with Crippen LogP contribution in [0.4, 0.5) is 0 Å². The molecule has 4 heteroatoms.